The van der Waals surface area contributed by atoms with E-state index in [9.17, 15) is 0 Å². The van der Waals surface area contributed by atoms with Gasteiger partial charge in [-0.1, -0.05) is 42.5 Å². The molecule has 5 heteroatoms. The minimum absolute atomic E-state index is 0.573. The van der Waals surface area contributed by atoms with Crippen LogP contribution in [0, 0.1) is 0 Å². The maximum Gasteiger partial charge on any atom is 0.227 e. The molecule has 0 bridgehead atoms. The van der Waals surface area contributed by atoms with Gasteiger partial charge in [0.15, 0.2) is 0 Å². The van der Waals surface area contributed by atoms with Crippen LogP contribution in [-0.4, -0.2) is 20.2 Å². The highest BCUT2D eigenvalue weighted by Gasteiger charge is 2.03. The van der Waals surface area contributed by atoms with Crippen molar-refractivity contribution in [3.63, 3.8) is 0 Å². The van der Waals surface area contributed by atoms with Gasteiger partial charge in [0.05, 0.1) is 11.2 Å². The molecule has 116 valence electrons. The number of aromatic amines is 1. The Balaban J connectivity index is 1.65. The van der Waals surface area contributed by atoms with Crippen molar-refractivity contribution in [3.8, 4) is 0 Å². The van der Waals surface area contributed by atoms with Crippen LogP contribution in [0.15, 0.2) is 67.0 Å². The molecule has 2 aromatic carbocycles. The monoisotopic (exact) mass is 313 g/mol. The molecule has 0 spiro atoms. The number of hydrogen-bond donors (Lipinski definition) is 2. The van der Waals surface area contributed by atoms with Gasteiger partial charge in [-0.2, -0.15) is 5.10 Å². The lowest BCUT2D eigenvalue weighted by molar-refractivity contribution is 1.11. The number of aromatic nitrogens is 4. The van der Waals surface area contributed by atoms with E-state index < -0.39 is 0 Å². The van der Waals surface area contributed by atoms with Crippen LogP contribution in [-0.2, 0) is 0 Å². The van der Waals surface area contributed by atoms with Crippen LogP contribution in [0.2, 0.25) is 0 Å². The Morgan fingerprint density at radius 1 is 0.833 bits per heavy atom. The van der Waals surface area contributed by atoms with Gasteiger partial charge in [0, 0.05) is 23.5 Å². The molecule has 4 aromatic rings. The van der Waals surface area contributed by atoms with Gasteiger partial charge in [0.25, 0.3) is 0 Å². The second kappa shape index (κ2) is 6.34. The van der Waals surface area contributed by atoms with Gasteiger partial charge in [0.1, 0.15) is 0 Å². The molecular weight excluding hydrogens is 298 g/mol. The van der Waals surface area contributed by atoms with Crippen molar-refractivity contribution >= 4 is 34.7 Å². The molecule has 0 fully saturated rings. The predicted octanol–water partition coefficient (Wildman–Crippen LogP) is 4.27. The zero-order valence-electron chi connectivity index (χ0n) is 12.8. The number of rotatable bonds is 4. The molecule has 0 atom stereocenters. The lowest BCUT2D eigenvalue weighted by Crippen LogP contribution is -1.97. The van der Waals surface area contributed by atoms with Crippen molar-refractivity contribution in [1.29, 1.82) is 0 Å². The number of H-pyrrole nitrogens is 1. The van der Waals surface area contributed by atoms with Crippen LogP contribution < -0.4 is 5.32 Å². The van der Waals surface area contributed by atoms with E-state index in [0.717, 1.165) is 27.8 Å². The van der Waals surface area contributed by atoms with E-state index in [1.807, 2.05) is 54.6 Å². The molecule has 5 nitrogen and oxygen atoms in total. The zero-order chi connectivity index (χ0) is 16.2. The summed E-state index contributed by atoms with van der Waals surface area (Å²) in [6.07, 6.45) is 7.46. The van der Waals surface area contributed by atoms with E-state index in [4.69, 9.17) is 0 Å². The fourth-order valence-electron chi connectivity index (χ4n) is 2.52. The first kappa shape index (κ1) is 14.1. The molecule has 0 amide bonds. The average Bonchev–Trinajstić information content (AvgIpc) is 3.05. The summed E-state index contributed by atoms with van der Waals surface area (Å²) in [5, 5.41) is 11.7. The van der Waals surface area contributed by atoms with Crippen LogP contribution in [0.3, 0.4) is 0 Å². The Morgan fingerprint density at radius 3 is 2.54 bits per heavy atom. The Bertz CT molecular complexity index is 989. The van der Waals surface area contributed by atoms with Gasteiger partial charge in [-0.05, 0) is 29.8 Å². The number of nitrogens with zero attached hydrogens (tertiary/aromatic N) is 3. The van der Waals surface area contributed by atoms with Crippen molar-refractivity contribution in [2.75, 3.05) is 5.32 Å². The first-order chi connectivity index (χ1) is 11.9. The summed E-state index contributed by atoms with van der Waals surface area (Å²) in [6, 6.07) is 17.9. The predicted molar refractivity (Wildman–Crippen MR) is 96.8 cm³/mol. The van der Waals surface area contributed by atoms with E-state index in [0.29, 0.717) is 5.95 Å². The highest BCUT2D eigenvalue weighted by atomic mass is 15.1. The quantitative estimate of drug-likeness (QED) is 0.590. The van der Waals surface area contributed by atoms with Crippen LogP contribution in [0.5, 0.6) is 0 Å². The summed E-state index contributed by atoms with van der Waals surface area (Å²) in [4.78, 5) is 8.40. The number of nitrogens with one attached hydrogen (secondary N) is 2. The first-order valence-corrected chi connectivity index (χ1v) is 7.64. The zero-order valence-corrected chi connectivity index (χ0v) is 12.8. The average molecular weight is 313 g/mol. The van der Waals surface area contributed by atoms with Gasteiger partial charge in [0.2, 0.25) is 5.95 Å². The number of anilines is 2. The van der Waals surface area contributed by atoms with Gasteiger partial charge >= 0.3 is 0 Å². The highest BCUT2D eigenvalue weighted by Crippen LogP contribution is 2.22. The summed E-state index contributed by atoms with van der Waals surface area (Å²) in [5.74, 6) is 0.573. The molecule has 0 aliphatic carbocycles. The Hall–Kier alpha value is -3.47. The molecule has 2 N–H and O–H groups in total. The fourth-order valence-corrected chi connectivity index (χ4v) is 2.52. The molecular formula is C19H15N5. The summed E-state index contributed by atoms with van der Waals surface area (Å²) < 4.78 is 0. The smallest absolute Gasteiger partial charge is 0.227 e. The molecule has 0 unspecified atom stereocenters. The van der Waals surface area contributed by atoms with E-state index in [1.54, 1.807) is 18.5 Å². The van der Waals surface area contributed by atoms with Crippen molar-refractivity contribution in [3.05, 3.63) is 78.2 Å². The molecule has 0 aliphatic heterocycles. The maximum absolute atomic E-state index is 4.37. The lowest BCUT2D eigenvalue weighted by Gasteiger charge is -2.07. The molecule has 2 aromatic heterocycles. The Kier molecular flexibility index (Phi) is 3.73. The fraction of sp³-hybridized carbons (Fsp3) is 0. The van der Waals surface area contributed by atoms with Gasteiger partial charge in [-0.3, -0.25) is 5.10 Å². The molecule has 2 heterocycles. The minimum atomic E-state index is 0.573. The van der Waals surface area contributed by atoms with Crippen molar-refractivity contribution in [2.45, 2.75) is 0 Å². The topological polar surface area (TPSA) is 66.5 Å². The number of fused-ring (bicyclic) bond motifs is 1. The number of benzene rings is 2. The van der Waals surface area contributed by atoms with Gasteiger partial charge in [-0.15, -0.1) is 0 Å². The second-order valence-corrected chi connectivity index (χ2v) is 5.27. The largest absolute Gasteiger partial charge is 0.324 e. The second-order valence-electron chi connectivity index (χ2n) is 5.27. The minimum Gasteiger partial charge on any atom is -0.324 e. The van der Waals surface area contributed by atoms with Crippen LogP contribution in [0.25, 0.3) is 23.1 Å². The van der Waals surface area contributed by atoms with E-state index in [1.165, 1.54) is 0 Å². The van der Waals surface area contributed by atoms with Crippen LogP contribution in [0.4, 0.5) is 11.6 Å². The van der Waals surface area contributed by atoms with Gasteiger partial charge < -0.3 is 5.32 Å². The number of hydrogen-bond acceptors (Lipinski definition) is 4. The van der Waals surface area contributed by atoms with Crippen LogP contribution >= 0.6 is 0 Å². The maximum atomic E-state index is 4.37. The highest BCUT2D eigenvalue weighted by molar-refractivity contribution is 5.90. The Morgan fingerprint density at radius 2 is 1.62 bits per heavy atom. The van der Waals surface area contributed by atoms with E-state index in [2.05, 4.69) is 31.5 Å². The third-order valence-electron chi connectivity index (χ3n) is 3.69. The van der Waals surface area contributed by atoms with Crippen LogP contribution in [0.1, 0.15) is 11.3 Å². The van der Waals surface area contributed by atoms with Crippen molar-refractivity contribution < 1.29 is 0 Å². The summed E-state index contributed by atoms with van der Waals surface area (Å²) in [5.41, 5.74) is 3.93. The lowest BCUT2D eigenvalue weighted by atomic mass is 10.1. The molecule has 4 rings (SSSR count). The standard InChI is InChI=1S/C19H15N5/c1-3-8-16(22-19-20-12-5-13-21-19)14(6-1)10-11-18-15-7-2-4-9-17(15)23-24-18/h1-13H,(H,23,24)(H,20,21,22). The normalized spacial score (nSPS) is 11.2. The third kappa shape index (κ3) is 2.87. The third-order valence-corrected chi connectivity index (χ3v) is 3.69. The van der Waals surface area contributed by atoms with Crippen molar-refractivity contribution in [2.24, 2.45) is 0 Å². The molecule has 24 heavy (non-hydrogen) atoms. The first-order valence-electron chi connectivity index (χ1n) is 7.64. The number of para-hydroxylation sites is 2. The SMILES string of the molecule is C(=Cc1n[nH]c2ccccc12)c1ccccc1Nc1ncccn1. The Labute approximate surface area is 139 Å². The summed E-state index contributed by atoms with van der Waals surface area (Å²) >= 11 is 0. The molecule has 0 radical (unpaired) electrons. The molecule has 0 saturated carbocycles. The van der Waals surface area contributed by atoms with Crippen molar-refractivity contribution in [1.82, 2.24) is 20.2 Å². The molecule has 0 saturated heterocycles. The molecule has 0 aliphatic rings. The van der Waals surface area contributed by atoms with E-state index >= 15 is 0 Å². The van der Waals surface area contributed by atoms with Gasteiger partial charge in [-0.25, -0.2) is 9.97 Å². The summed E-state index contributed by atoms with van der Waals surface area (Å²) in [6.45, 7) is 0. The van der Waals surface area contributed by atoms with E-state index in [-0.39, 0.29) is 0 Å². The summed E-state index contributed by atoms with van der Waals surface area (Å²) in [7, 11) is 0.